The van der Waals surface area contributed by atoms with Gasteiger partial charge in [0, 0.05) is 30.6 Å². The maximum atomic E-state index is 12.5. The van der Waals surface area contributed by atoms with Crippen LogP contribution in [0.3, 0.4) is 0 Å². The number of nitrogens with one attached hydrogen (secondary N) is 1. The number of ether oxygens (including phenoxy) is 2. The van der Waals surface area contributed by atoms with Crippen molar-refractivity contribution in [2.24, 2.45) is 0 Å². The van der Waals surface area contributed by atoms with E-state index in [0.29, 0.717) is 18.7 Å². The number of benzene rings is 1. The van der Waals surface area contributed by atoms with Gasteiger partial charge in [0.1, 0.15) is 5.56 Å². The van der Waals surface area contributed by atoms with E-state index in [1.807, 2.05) is 35.7 Å². The molecule has 0 amide bonds. The lowest BCUT2D eigenvalue weighted by Gasteiger charge is -2.26. The van der Waals surface area contributed by atoms with Crippen molar-refractivity contribution in [1.29, 1.82) is 0 Å². The minimum atomic E-state index is -0.358. The smallest absolute Gasteiger partial charge is 0.341 e. The Morgan fingerprint density at radius 1 is 1.25 bits per heavy atom. The van der Waals surface area contributed by atoms with Crippen LogP contribution in [0.2, 0.25) is 0 Å². The predicted molar refractivity (Wildman–Crippen MR) is 124 cm³/mol. The molecule has 2 aromatic heterocycles. The van der Waals surface area contributed by atoms with E-state index >= 15 is 0 Å². The number of hydrogen-bond acceptors (Lipinski definition) is 8. The number of carbonyl (C=O) groups is 1. The van der Waals surface area contributed by atoms with E-state index in [9.17, 15) is 4.79 Å². The van der Waals surface area contributed by atoms with Crippen molar-refractivity contribution in [2.45, 2.75) is 19.9 Å². The lowest BCUT2D eigenvalue weighted by molar-refractivity contribution is 0.0374. The Labute approximate surface area is 192 Å². The fourth-order valence-corrected chi connectivity index (χ4v) is 4.46. The molecule has 0 aliphatic carbocycles. The van der Waals surface area contributed by atoms with Gasteiger partial charge in [0.2, 0.25) is 5.13 Å². The minimum absolute atomic E-state index is 0.325. The number of morpholine rings is 1. The molecule has 0 atom stereocenters. The van der Waals surface area contributed by atoms with E-state index in [1.165, 1.54) is 11.3 Å². The molecule has 1 fully saturated rings. The molecule has 3 heterocycles. The highest BCUT2D eigenvalue weighted by atomic mass is 32.1. The van der Waals surface area contributed by atoms with Crippen LogP contribution in [-0.2, 0) is 16.0 Å². The molecule has 0 saturated carbocycles. The molecule has 1 N–H and O–H groups in total. The highest BCUT2D eigenvalue weighted by Gasteiger charge is 2.21. The summed E-state index contributed by atoms with van der Waals surface area (Å²) >= 11 is 1.50. The molecule has 8 nitrogen and oxygen atoms in total. The van der Waals surface area contributed by atoms with Crippen molar-refractivity contribution >= 4 is 17.3 Å². The first-order chi connectivity index (χ1) is 15.8. The van der Waals surface area contributed by atoms with Gasteiger partial charge in [0.25, 0.3) is 0 Å². The lowest BCUT2D eigenvalue weighted by Crippen LogP contribution is -2.37. The topological polar surface area (TPSA) is 81.5 Å². The van der Waals surface area contributed by atoms with Gasteiger partial charge < -0.3 is 14.8 Å². The van der Waals surface area contributed by atoms with Gasteiger partial charge in [-0.3, -0.25) is 4.90 Å². The van der Waals surface area contributed by atoms with Crippen molar-refractivity contribution in [1.82, 2.24) is 25.0 Å². The molecule has 1 aliphatic rings. The van der Waals surface area contributed by atoms with Crippen molar-refractivity contribution in [2.75, 3.05) is 46.0 Å². The fourth-order valence-electron chi connectivity index (χ4n) is 3.65. The van der Waals surface area contributed by atoms with Crippen molar-refractivity contribution in [3.05, 3.63) is 53.2 Å². The zero-order valence-electron chi connectivity index (χ0n) is 18.3. The zero-order valence-corrected chi connectivity index (χ0v) is 19.1. The van der Waals surface area contributed by atoms with Crippen molar-refractivity contribution in [3.63, 3.8) is 0 Å². The second kappa shape index (κ2) is 11.3. The number of esters is 1. The van der Waals surface area contributed by atoms with Crippen LogP contribution in [0.15, 0.2) is 41.9 Å². The average molecular weight is 456 g/mol. The fraction of sp³-hybridized carbons (Fsp3) is 0.435. The van der Waals surface area contributed by atoms with E-state index in [-0.39, 0.29) is 5.97 Å². The van der Waals surface area contributed by atoms with Crippen LogP contribution in [0, 0.1) is 0 Å². The van der Waals surface area contributed by atoms with Crippen LogP contribution in [-0.4, -0.2) is 71.6 Å². The molecular formula is C23H29N5O3S. The van der Waals surface area contributed by atoms with E-state index in [0.717, 1.165) is 67.9 Å². The normalized spacial score (nSPS) is 14.5. The second-order valence-corrected chi connectivity index (χ2v) is 8.34. The van der Waals surface area contributed by atoms with Gasteiger partial charge in [-0.05, 0) is 26.4 Å². The van der Waals surface area contributed by atoms with Gasteiger partial charge in [-0.25, -0.2) is 14.5 Å². The Morgan fingerprint density at radius 3 is 2.84 bits per heavy atom. The van der Waals surface area contributed by atoms with Gasteiger partial charge in [-0.15, -0.1) is 11.3 Å². The molecule has 1 aromatic carbocycles. The summed E-state index contributed by atoms with van der Waals surface area (Å²) in [6.07, 6.45) is 2.60. The summed E-state index contributed by atoms with van der Waals surface area (Å²) in [5, 5.41) is 10.7. The molecule has 1 aliphatic heterocycles. The van der Waals surface area contributed by atoms with Crippen LogP contribution in [0.4, 0.5) is 0 Å². The number of nitrogens with zero attached hydrogens (tertiary/aromatic N) is 4. The quantitative estimate of drug-likeness (QED) is 0.372. The molecule has 3 aromatic rings. The molecule has 9 heteroatoms. The first kappa shape index (κ1) is 22.6. The second-order valence-electron chi connectivity index (χ2n) is 7.50. The third kappa shape index (κ3) is 5.60. The van der Waals surface area contributed by atoms with Gasteiger partial charge >= 0.3 is 5.97 Å². The van der Waals surface area contributed by atoms with Gasteiger partial charge in [0.05, 0.1) is 37.4 Å². The summed E-state index contributed by atoms with van der Waals surface area (Å²) in [5.41, 5.74) is 3.19. The standard InChI is InChI=1S/C23H29N5O3S/c1-2-31-22(29)19-15-25-28(23-26-20(17-32-23)18-7-4-3-5-8-18)21(19)16-24-9-6-10-27-11-13-30-14-12-27/h3-5,7-8,15,17,24H,2,6,9-14,16H2,1H3. The summed E-state index contributed by atoms with van der Waals surface area (Å²) in [7, 11) is 0. The molecule has 0 unspecified atom stereocenters. The Bertz CT molecular complexity index is 998. The molecule has 0 spiro atoms. The van der Waals surface area contributed by atoms with Crippen LogP contribution in [0.5, 0.6) is 0 Å². The monoisotopic (exact) mass is 455 g/mol. The van der Waals surface area contributed by atoms with Crippen molar-refractivity contribution < 1.29 is 14.3 Å². The maximum absolute atomic E-state index is 12.5. The molecular weight excluding hydrogens is 426 g/mol. The molecule has 32 heavy (non-hydrogen) atoms. The zero-order chi connectivity index (χ0) is 22.2. The third-order valence-electron chi connectivity index (χ3n) is 5.33. The van der Waals surface area contributed by atoms with Crippen molar-refractivity contribution in [3.8, 4) is 16.4 Å². The number of thiazole rings is 1. The third-order valence-corrected chi connectivity index (χ3v) is 6.15. The van der Waals surface area contributed by atoms with Gasteiger partial charge in [-0.2, -0.15) is 5.10 Å². The first-order valence-corrected chi connectivity index (χ1v) is 11.9. The first-order valence-electron chi connectivity index (χ1n) is 11.0. The van der Waals surface area contributed by atoms with Crippen LogP contribution in [0.25, 0.3) is 16.4 Å². The summed E-state index contributed by atoms with van der Waals surface area (Å²) < 4.78 is 12.4. The maximum Gasteiger partial charge on any atom is 0.341 e. The SMILES string of the molecule is CCOC(=O)c1cnn(-c2nc(-c3ccccc3)cs2)c1CNCCCN1CCOCC1. The molecule has 0 radical (unpaired) electrons. The van der Waals surface area contributed by atoms with E-state index in [2.05, 4.69) is 15.3 Å². The van der Waals surface area contributed by atoms with E-state index in [1.54, 1.807) is 17.8 Å². The molecule has 1 saturated heterocycles. The Morgan fingerprint density at radius 2 is 2.06 bits per heavy atom. The summed E-state index contributed by atoms with van der Waals surface area (Å²) in [6.45, 7) is 8.14. The summed E-state index contributed by atoms with van der Waals surface area (Å²) in [4.78, 5) is 19.7. The lowest BCUT2D eigenvalue weighted by atomic mass is 10.2. The molecule has 0 bridgehead atoms. The summed E-state index contributed by atoms with van der Waals surface area (Å²) in [6, 6.07) is 10.0. The number of carbonyl (C=O) groups excluding carboxylic acids is 1. The molecule has 170 valence electrons. The Kier molecular flexibility index (Phi) is 8.00. The van der Waals surface area contributed by atoms with E-state index in [4.69, 9.17) is 14.5 Å². The highest BCUT2D eigenvalue weighted by molar-refractivity contribution is 7.12. The predicted octanol–water partition coefficient (Wildman–Crippen LogP) is 2.98. The highest BCUT2D eigenvalue weighted by Crippen LogP contribution is 2.25. The van der Waals surface area contributed by atoms with Gasteiger partial charge in [0.15, 0.2) is 0 Å². The largest absolute Gasteiger partial charge is 0.462 e. The number of rotatable bonds is 10. The summed E-state index contributed by atoms with van der Waals surface area (Å²) in [5.74, 6) is -0.358. The Hall–Kier alpha value is -2.59. The van der Waals surface area contributed by atoms with Crippen LogP contribution < -0.4 is 5.32 Å². The number of aromatic nitrogens is 3. The van der Waals surface area contributed by atoms with Crippen LogP contribution >= 0.6 is 11.3 Å². The molecule has 4 rings (SSSR count). The number of hydrogen-bond donors (Lipinski definition) is 1. The van der Waals surface area contributed by atoms with Gasteiger partial charge in [-0.1, -0.05) is 30.3 Å². The average Bonchev–Trinajstić information content (AvgIpc) is 3.48. The Balaban J connectivity index is 1.45. The van der Waals surface area contributed by atoms with E-state index < -0.39 is 0 Å². The van der Waals surface area contributed by atoms with Crippen LogP contribution in [0.1, 0.15) is 29.4 Å². The minimum Gasteiger partial charge on any atom is -0.462 e.